The zero-order chi connectivity index (χ0) is 21.0. The maximum Gasteiger partial charge on any atom is 0.220 e. The first-order chi connectivity index (χ1) is 13.7. The Morgan fingerprint density at radius 1 is 1.00 bits per heavy atom. The van der Waals surface area contributed by atoms with E-state index in [1.54, 1.807) is 0 Å². The smallest absolute Gasteiger partial charge is 0.220 e. The minimum absolute atomic E-state index is 0.301. The van der Waals surface area contributed by atoms with Crippen molar-refractivity contribution in [3.63, 3.8) is 0 Å². The highest BCUT2D eigenvalue weighted by Crippen LogP contribution is 2.67. The zero-order valence-electron chi connectivity index (χ0n) is 20.1. The zero-order valence-corrected chi connectivity index (χ0v) is 20.1. The van der Waals surface area contributed by atoms with Gasteiger partial charge in [-0.25, -0.2) is 0 Å². The Kier molecular flexibility index (Phi) is 5.88. The number of piperidine rings is 1. The molecule has 1 amide bonds. The van der Waals surface area contributed by atoms with Gasteiger partial charge in [0.15, 0.2) is 0 Å². The number of carbonyl (C=O) groups excluding carboxylic acids is 1. The van der Waals surface area contributed by atoms with Crippen molar-refractivity contribution < 1.29 is 4.79 Å². The van der Waals surface area contributed by atoms with Crippen LogP contribution in [0.5, 0.6) is 0 Å². The monoisotopic (exact) mass is 401 g/mol. The van der Waals surface area contributed by atoms with E-state index in [-0.39, 0.29) is 0 Å². The molecule has 0 aromatic carbocycles. The molecule has 1 saturated heterocycles. The van der Waals surface area contributed by atoms with Crippen LogP contribution >= 0.6 is 0 Å². The summed E-state index contributed by atoms with van der Waals surface area (Å²) in [6.45, 7) is 15.0. The van der Waals surface area contributed by atoms with Gasteiger partial charge in [0, 0.05) is 12.5 Å². The van der Waals surface area contributed by atoms with Crippen LogP contribution in [0, 0.1) is 52.3 Å². The molecule has 0 aromatic heterocycles. The Morgan fingerprint density at radius 2 is 1.72 bits per heavy atom. The van der Waals surface area contributed by atoms with Gasteiger partial charge >= 0.3 is 0 Å². The average Bonchev–Trinajstić information content (AvgIpc) is 3.00. The van der Waals surface area contributed by atoms with Crippen LogP contribution in [0.4, 0.5) is 0 Å². The summed E-state index contributed by atoms with van der Waals surface area (Å²) >= 11 is 0. The lowest BCUT2D eigenvalue weighted by Crippen LogP contribution is -2.63. The highest BCUT2D eigenvalue weighted by molar-refractivity contribution is 5.77. The molecule has 3 saturated carbocycles. The van der Waals surface area contributed by atoms with Gasteiger partial charge in [-0.15, -0.1) is 0 Å². The van der Waals surface area contributed by atoms with E-state index in [2.05, 4.69) is 46.9 Å². The third kappa shape index (κ3) is 3.59. The molecule has 1 aliphatic heterocycles. The first-order valence-corrected chi connectivity index (χ1v) is 13.0. The van der Waals surface area contributed by atoms with Crippen molar-refractivity contribution in [2.24, 2.45) is 52.3 Å². The van der Waals surface area contributed by atoms with Crippen LogP contribution in [0.1, 0.15) is 106 Å². The van der Waals surface area contributed by atoms with Gasteiger partial charge < -0.3 is 5.32 Å². The average molecular weight is 402 g/mol. The number of hydrogen-bond donors (Lipinski definition) is 1. The van der Waals surface area contributed by atoms with Crippen LogP contribution in [-0.2, 0) is 4.79 Å². The fraction of sp³-hybridized carbons (Fsp3) is 0.963. The summed E-state index contributed by atoms with van der Waals surface area (Å²) in [6.07, 6.45) is 13.1. The SMILES string of the molecule is CC(C)CCC[C@H](C)[C@H]1CC[C@H]2[C@@H]3[C@@H](C)C[C@@H]4NC(=O)CC[C@]4(C)[C@H]3CC[C@]12C. The van der Waals surface area contributed by atoms with Crippen LogP contribution in [0.3, 0.4) is 0 Å². The first kappa shape index (κ1) is 21.7. The van der Waals surface area contributed by atoms with E-state index in [4.69, 9.17) is 0 Å². The van der Waals surface area contributed by atoms with Crippen molar-refractivity contribution in [1.82, 2.24) is 5.32 Å². The molecule has 1 heterocycles. The van der Waals surface area contributed by atoms with Crippen LogP contribution in [-0.4, -0.2) is 11.9 Å². The predicted octanol–water partition coefficient (Wildman–Crippen LogP) is 6.83. The second-order valence-corrected chi connectivity index (χ2v) is 12.7. The Bertz CT molecular complexity index is 614. The maximum absolute atomic E-state index is 12.1. The number of nitrogens with one attached hydrogen (secondary N) is 1. The molecule has 166 valence electrons. The van der Waals surface area contributed by atoms with Crippen LogP contribution in [0.25, 0.3) is 0 Å². The molecule has 29 heavy (non-hydrogen) atoms. The standard InChI is InChI=1S/C27H47NO/c1-17(2)8-7-9-18(3)20-10-11-21-25-19(4)16-23-27(6,15-13-24(29)28-23)22(25)12-14-26(20,21)5/h17-23,25H,7-16H2,1-6H3,(H,28,29)/t18-,19-,20+,21-,22-,23-,25-,26+,27+/m0/s1. The molecule has 2 heteroatoms. The molecule has 4 fully saturated rings. The number of fused-ring (bicyclic) bond motifs is 5. The molecule has 0 spiro atoms. The second kappa shape index (κ2) is 7.86. The minimum atomic E-state index is 0.301. The second-order valence-electron chi connectivity index (χ2n) is 12.7. The summed E-state index contributed by atoms with van der Waals surface area (Å²) in [5.74, 6) is 6.36. The van der Waals surface area contributed by atoms with E-state index >= 15 is 0 Å². The lowest BCUT2D eigenvalue weighted by molar-refractivity contribution is -0.144. The largest absolute Gasteiger partial charge is 0.353 e. The predicted molar refractivity (Wildman–Crippen MR) is 121 cm³/mol. The van der Waals surface area contributed by atoms with Gasteiger partial charge in [-0.1, -0.05) is 60.8 Å². The number of carbonyl (C=O) groups is 1. The Balaban J connectivity index is 1.51. The van der Waals surface area contributed by atoms with E-state index in [1.165, 1.54) is 51.4 Å². The molecule has 4 aliphatic rings. The Morgan fingerprint density at radius 3 is 2.45 bits per heavy atom. The fourth-order valence-corrected chi connectivity index (χ4v) is 9.07. The van der Waals surface area contributed by atoms with Gasteiger partial charge in [0.05, 0.1) is 0 Å². The van der Waals surface area contributed by atoms with Crippen LogP contribution in [0.2, 0.25) is 0 Å². The van der Waals surface area contributed by atoms with E-state index in [9.17, 15) is 4.79 Å². The molecule has 3 aliphatic carbocycles. The minimum Gasteiger partial charge on any atom is -0.353 e. The third-order valence-electron chi connectivity index (χ3n) is 10.7. The molecule has 1 N–H and O–H groups in total. The number of amides is 1. The van der Waals surface area contributed by atoms with Gasteiger partial charge in [-0.3, -0.25) is 4.79 Å². The van der Waals surface area contributed by atoms with Crippen molar-refractivity contribution in [3.8, 4) is 0 Å². The van der Waals surface area contributed by atoms with Gasteiger partial charge in [0.25, 0.3) is 0 Å². The summed E-state index contributed by atoms with van der Waals surface area (Å²) in [7, 11) is 0. The topological polar surface area (TPSA) is 29.1 Å². The van der Waals surface area contributed by atoms with E-state index < -0.39 is 0 Å². The van der Waals surface area contributed by atoms with Crippen molar-refractivity contribution >= 4 is 5.91 Å². The third-order valence-corrected chi connectivity index (χ3v) is 10.7. The van der Waals surface area contributed by atoms with Crippen molar-refractivity contribution in [2.75, 3.05) is 0 Å². The molecule has 4 rings (SSSR count). The van der Waals surface area contributed by atoms with Gasteiger partial charge in [0.2, 0.25) is 5.91 Å². The number of hydrogen-bond acceptors (Lipinski definition) is 1. The van der Waals surface area contributed by atoms with Crippen LogP contribution in [0.15, 0.2) is 0 Å². The van der Waals surface area contributed by atoms with Gasteiger partial charge in [0.1, 0.15) is 0 Å². The summed E-state index contributed by atoms with van der Waals surface area (Å²) in [5, 5.41) is 3.41. The highest BCUT2D eigenvalue weighted by Gasteiger charge is 2.62. The van der Waals surface area contributed by atoms with E-state index in [1.807, 2.05) is 0 Å². The molecule has 0 aromatic rings. The van der Waals surface area contributed by atoms with E-state index in [0.717, 1.165) is 54.3 Å². The summed E-state index contributed by atoms with van der Waals surface area (Å²) < 4.78 is 0. The summed E-state index contributed by atoms with van der Waals surface area (Å²) in [5.41, 5.74) is 0.904. The Hall–Kier alpha value is -0.530. The quantitative estimate of drug-likeness (QED) is 0.537. The molecule has 0 bridgehead atoms. The Labute approximate surface area is 180 Å². The summed E-state index contributed by atoms with van der Waals surface area (Å²) in [6, 6.07) is 0.427. The first-order valence-electron chi connectivity index (χ1n) is 13.0. The summed E-state index contributed by atoms with van der Waals surface area (Å²) in [4.78, 5) is 12.1. The van der Waals surface area contributed by atoms with Crippen molar-refractivity contribution in [1.29, 1.82) is 0 Å². The van der Waals surface area contributed by atoms with E-state index in [0.29, 0.717) is 22.8 Å². The van der Waals surface area contributed by atoms with Crippen LogP contribution < -0.4 is 5.32 Å². The molecule has 9 atom stereocenters. The van der Waals surface area contributed by atoms with Crippen molar-refractivity contribution in [2.45, 2.75) is 112 Å². The maximum atomic E-state index is 12.1. The molecular formula is C27H47NO. The fourth-order valence-electron chi connectivity index (χ4n) is 9.07. The lowest BCUT2D eigenvalue weighted by Gasteiger charge is -2.62. The number of rotatable bonds is 5. The highest BCUT2D eigenvalue weighted by atomic mass is 16.1. The van der Waals surface area contributed by atoms with Gasteiger partial charge in [-0.2, -0.15) is 0 Å². The van der Waals surface area contributed by atoms with Gasteiger partial charge in [-0.05, 0) is 90.8 Å². The normalized spacial score (nSPS) is 47.9. The molecule has 0 unspecified atom stereocenters. The molecular weight excluding hydrogens is 354 g/mol. The molecule has 2 nitrogen and oxygen atoms in total. The lowest BCUT2D eigenvalue weighted by atomic mass is 9.44. The van der Waals surface area contributed by atoms with Crippen molar-refractivity contribution in [3.05, 3.63) is 0 Å². The molecule has 0 radical (unpaired) electrons.